The van der Waals surface area contributed by atoms with E-state index in [9.17, 15) is 4.79 Å². The van der Waals surface area contributed by atoms with Crippen molar-refractivity contribution < 1.29 is 4.79 Å². The Hall–Kier alpha value is -1.77. The van der Waals surface area contributed by atoms with Gasteiger partial charge in [-0.2, -0.15) is 0 Å². The molecule has 2 amide bonds. The van der Waals surface area contributed by atoms with Crippen molar-refractivity contribution in [3.63, 3.8) is 0 Å². The second-order valence-corrected chi connectivity index (χ2v) is 16.3. The molecule has 3 nitrogen and oxygen atoms in total. The third-order valence-corrected chi connectivity index (χ3v) is 14.5. The quantitative estimate of drug-likeness (QED) is 0.365. The summed E-state index contributed by atoms with van der Waals surface area (Å²) in [6.45, 7) is 20.5. The molecule has 0 radical (unpaired) electrons. The lowest BCUT2D eigenvalue weighted by Gasteiger charge is -2.73. The van der Waals surface area contributed by atoms with E-state index in [4.69, 9.17) is 0 Å². The highest BCUT2D eigenvalue weighted by molar-refractivity contribution is 5.74. The average molecular weight is 545 g/mol. The molecule has 0 aromatic heterocycles. The van der Waals surface area contributed by atoms with E-state index >= 15 is 0 Å². The number of hydrogen-bond donors (Lipinski definition) is 2. The van der Waals surface area contributed by atoms with Crippen LogP contribution in [0, 0.1) is 57.2 Å². The maximum atomic E-state index is 13.4. The van der Waals surface area contributed by atoms with Crippen LogP contribution in [0.15, 0.2) is 42.5 Å². The fourth-order valence-electron chi connectivity index (χ4n) is 12.4. The van der Waals surface area contributed by atoms with Gasteiger partial charge in [0.2, 0.25) is 0 Å². The van der Waals surface area contributed by atoms with E-state index in [1.165, 1.54) is 63.4 Å². The van der Waals surface area contributed by atoms with E-state index in [1.807, 2.05) is 18.2 Å². The van der Waals surface area contributed by atoms with Crippen LogP contribution >= 0.6 is 0 Å². The lowest BCUT2D eigenvalue weighted by Crippen LogP contribution is -2.69. The summed E-state index contributed by atoms with van der Waals surface area (Å²) in [4.78, 5) is 13.4. The Morgan fingerprint density at radius 2 is 1.57 bits per heavy atom. The molecule has 5 saturated carbocycles. The van der Waals surface area contributed by atoms with Crippen molar-refractivity contribution in [1.82, 2.24) is 10.6 Å². The molecule has 1 unspecified atom stereocenters. The van der Waals surface area contributed by atoms with E-state index in [0.717, 1.165) is 35.7 Å². The van der Waals surface area contributed by atoms with Crippen molar-refractivity contribution >= 4 is 6.03 Å². The van der Waals surface area contributed by atoms with Crippen LogP contribution < -0.4 is 10.6 Å². The average Bonchev–Trinajstić information content (AvgIpc) is 3.35. The molecule has 0 bridgehead atoms. The summed E-state index contributed by atoms with van der Waals surface area (Å²) in [6.07, 6.45) is 13.3. The van der Waals surface area contributed by atoms with Gasteiger partial charge in [-0.15, -0.1) is 0 Å². The first-order valence-corrected chi connectivity index (χ1v) is 16.7. The van der Waals surface area contributed by atoms with Crippen LogP contribution in [0.3, 0.4) is 0 Å². The zero-order valence-electron chi connectivity index (χ0n) is 26.3. The van der Waals surface area contributed by atoms with Crippen LogP contribution in [0.25, 0.3) is 0 Å². The Morgan fingerprint density at radius 3 is 2.30 bits per heavy atom. The summed E-state index contributed by atoms with van der Waals surface area (Å²) in [6, 6.07) is 10.5. The number of carbonyl (C=O) groups is 1. The van der Waals surface area contributed by atoms with Crippen LogP contribution in [0.2, 0.25) is 0 Å². The molecule has 10 atom stereocenters. The molecule has 0 spiro atoms. The van der Waals surface area contributed by atoms with Crippen LogP contribution in [-0.2, 0) is 6.54 Å². The predicted octanol–water partition coefficient (Wildman–Crippen LogP) is 9.14. The van der Waals surface area contributed by atoms with Gasteiger partial charge in [-0.1, -0.05) is 77.1 Å². The zero-order valence-corrected chi connectivity index (χ0v) is 26.3. The summed E-state index contributed by atoms with van der Waals surface area (Å²) in [5, 5.41) is 6.80. The van der Waals surface area contributed by atoms with Crippen LogP contribution in [0.5, 0.6) is 0 Å². The third-order valence-electron chi connectivity index (χ3n) is 14.5. The van der Waals surface area contributed by atoms with E-state index < -0.39 is 0 Å². The minimum absolute atomic E-state index is 0.0106. The van der Waals surface area contributed by atoms with Gasteiger partial charge in [-0.05, 0) is 134 Å². The van der Waals surface area contributed by atoms with Gasteiger partial charge in [0.15, 0.2) is 0 Å². The molecule has 0 heterocycles. The monoisotopic (exact) mass is 544 g/mol. The van der Waals surface area contributed by atoms with Gasteiger partial charge in [0, 0.05) is 12.6 Å². The molecule has 5 aliphatic rings. The standard InChI is InChI=1S/C37H56N2O/c1-24(2)27-14-13-26-17-21-35(5)28(32(26)27)15-16-30-36(35,6)22-18-29-34(3,4)20-19-31(37(29,30)7)39-33(40)38-23-25-11-9-8-10-12-25/h8-12,26-32H,1,13-23H2,2-7H3,(H2,38,39,40)/t26-,27+,28-,29+,30+,31?,32-,35-,36-,37+/m1/s1. The Morgan fingerprint density at radius 1 is 0.850 bits per heavy atom. The minimum atomic E-state index is 0.0106. The van der Waals surface area contributed by atoms with Gasteiger partial charge in [0.05, 0.1) is 0 Å². The summed E-state index contributed by atoms with van der Waals surface area (Å²) in [5.41, 5.74) is 3.74. The highest BCUT2D eigenvalue weighted by Gasteiger charge is 2.70. The molecule has 5 aliphatic carbocycles. The number of urea groups is 1. The number of allylic oxidation sites excluding steroid dienone is 1. The van der Waals surface area contributed by atoms with Crippen molar-refractivity contribution in [3.05, 3.63) is 48.0 Å². The van der Waals surface area contributed by atoms with Gasteiger partial charge in [0.1, 0.15) is 0 Å². The highest BCUT2D eigenvalue weighted by Crippen LogP contribution is 2.76. The summed E-state index contributed by atoms with van der Waals surface area (Å²) < 4.78 is 0. The molecule has 220 valence electrons. The molecular formula is C37H56N2O. The zero-order chi connectivity index (χ0) is 28.5. The molecule has 6 rings (SSSR count). The molecule has 1 aromatic rings. The first-order chi connectivity index (χ1) is 18.9. The molecule has 0 aliphatic heterocycles. The van der Waals surface area contributed by atoms with E-state index in [2.05, 4.69) is 70.9 Å². The number of amides is 2. The maximum absolute atomic E-state index is 13.4. The van der Waals surface area contributed by atoms with Gasteiger partial charge < -0.3 is 10.6 Å². The van der Waals surface area contributed by atoms with Gasteiger partial charge in [-0.3, -0.25) is 0 Å². The Kier molecular flexibility index (Phi) is 7.02. The van der Waals surface area contributed by atoms with E-state index in [0.29, 0.717) is 34.6 Å². The second kappa shape index (κ2) is 9.91. The van der Waals surface area contributed by atoms with Crippen molar-refractivity contribution in [1.29, 1.82) is 0 Å². The van der Waals surface area contributed by atoms with Gasteiger partial charge >= 0.3 is 6.03 Å². The number of fused-ring (bicyclic) bond motifs is 7. The van der Waals surface area contributed by atoms with E-state index in [1.54, 1.807) is 0 Å². The van der Waals surface area contributed by atoms with Crippen molar-refractivity contribution in [2.24, 2.45) is 57.2 Å². The number of rotatable bonds is 4. The highest BCUT2D eigenvalue weighted by atomic mass is 16.2. The van der Waals surface area contributed by atoms with Crippen molar-refractivity contribution in [2.45, 2.75) is 118 Å². The van der Waals surface area contributed by atoms with Crippen molar-refractivity contribution in [2.75, 3.05) is 0 Å². The lowest BCUT2D eigenvalue weighted by atomic mass is 9.32. The Balaban J connectivity index is 1.30. The molecule has 0 saturated heterocycles. The Bertz CT molecular complexity index is 1130. The summed E-state index contributed by atoms with van der Waals surface area (Å²) in [5.74, 6) is 4.63. The smallest absolute Gasteiger partial charge is 0.315 e. The first kappa shape index (κ1) is 28.4. The topological polar surface area (TPSA) is 41.1 Å². The molecule has 2 N–H and O–H groups in total. The number of hydrogen-bond acceptors (Lipinski definition) is 1. The Labute approximate surface area is 244 Å². The fourth-order valence-corrected chi connectivity index (χ4v) is 12.4. The number of carbonyl (C=O) groups excluding carboxylic acids is 1. The summed E-state index contributed by atoms with van der Waals surface area (Å²) in [7, 11) is 0. The largest absolute Gasteiger partial charge is 0.335 e. The SMILES string of the molecule is C=C(C)[C@@H]1CC[C@@H]2CC[C@]3(C)[C@H](CC[C@@H]4[C@@]5(C)C(NC(=O)NCc6ccccc6)CCC(C)(C)[C@@H]5CC[C@]43C)[C@H]21. The molecular weight excluding hydrogens is 488 g/mol. The van der Waals surface area contributed by atoms with Crippen LogP contribution in [0.4, 0.5) is 4.79 Å². The molecule has 3 heteroatoms. The second-order valence-electron chi connectivity index (χ2n) is 16.3. The minimum Gasteiger partial charge on any atom is -0.335 e. The number of nitrogens with one attached hydrogen (secondary N) is 2. The molecule has 1 aromatic carbocycles. The fraction of sp³-hybridized carbons (Fsp3) is 0.757. The summed E-state index contributed by atoms with van der Waals surface area (Å²) >= 11 is 0. The first-order valence-electron chi connectivity index (χ1n) is 16.7. The number of benzene rings is 1. The maximum Gasteiger partial charge on any atom is 0.315 e. The third kappa shape index (κ3) is 4.14. The van der Waals surface area contributed by atoms with Gasteiger partial charge in [-0.25, -0.2) is 4.79 Å². The lowest BCUT2D eigenvalue weighted by molar-refractivity contribution is -0.234. The molecule has 5 fully saturated rings. The van der Waals surface area contributed by atoms with Gasteiger partial charge in [0.25, 0.3) is 0 Å². The predicted molar refractivity (Wildman–Crippen MR) is 166 cm³/mol. The van der Waals surface area contributed by atoms with Crippen LogP contribution in [0.1, 0.15) is 111 Å². The van der Waals surface area contributed by atoms with E-state index in [-0.39, 0.29) is 17.5 Å². The molecule has 40 heavy (non-hydrogen) atoms. The normalized spacial score (nSPS) is 45.3. The van der Waals surface area contributed by atoms with Crippen LogP contribution in [-0.4, -0.2) is 12.1 Å². The van der Waals surface area contributed by atoms with Crippen molar-refractivity contribution in [3.8, 4) is 0 Å².